The molecule has 28 heavy (non-hydrogen) atoms. The molecule has 3 aromatic rings. The van der Waals surface area contributed by atoms with Gasteiger partial charge in [0.05, 0.1) is 22.3 Å². The fourth-order valence-electron chi connectivity index (χ4n) is 2.99. The quantitative estimate of drug-likeness (QED) is 0.534. The first-order chi connectivity index (χ1) is 13.5. The van der Waals surface area contributed by atoms with Crippen LogP contribution < -0.4 is 26.7 Å². The molecule has 2 aromatic carbocycles. The zero-order valence-electron chi connectivity index (χ0n) is 15.0. The second-order valence-electron chi connectivity index (χ2n) is 6.47. The number of nitrogens with two attached hydrogens (primary N) is 1. The summed E-state index contributed by atoms with van der Waals surface area (Å²) >= 11 is 0. The number of rotatable bonds is 5. The van der Waals surface area contributed by atoms with Gasteiger partial charge in [0.1, 0.15) is 5.75 Å². The maximum atomic E-state index is 12.4. The van der Waals surface area contributed by atoms with Gasteiger partial charge in [0.15, 0.2) is 12.4 Å². The number of carbonyl (C=O) groups is 1. The Morgan fingerprint density at radius 3 is 2.86 bits per heavy atom. The van der Waals surface area contributed by atoms with Crippen LogP contribution in [0.1, 0.15) is 17.0 Å². The molecular weight excluding hydrogens is 358 g/mol. The van der Waals surface area contributed by atoms with Crippen molar-refractivity contribution >= 4 is 28.2 Å². The van der Waals surface area contributed by atoms with Crippen LogP contribution >= 0.6 is 0 Å². The van der Waals surface area contributed by atoms with E-state index in [0.717, 1.165) is 11.1 Å². The Morgan fingerprint density at radius 1 is 1.21 bits per heavy atom. The van der Waals surface area contributed by atoms with Gasteiger partial charge in [0, 0.05) is 13.1 Å². The van der Waals surface area contributed by atoms with Crippen molar-refractivity contribution in [3.05, 3.63) is 70.3 Å². The highest BCUT2D eigenvalue weighted by Gasteiger charge is 2.16. The van der Waals surface area contributed by atoms with Gasteiger partial charge in [-0.15, -0.1) is 0 Å². The molecule has 8 heteroatoms. The van der Waals surface area contributed by atoms with Gasteiger partial charge < -0.3 is 26.1 Å². The molecule has 5 N–H and O–H groups in total. The van der Waals surface area contributed by atoms with E-state index in [-0.39, 0.29) is 18.1 Å². The fourth-order valence-corrected chi connectivity index (χ4v) is 2.99. The monoisotopic (exact) mass is 377 g/mol. The van der Waals surface area contributed by atoms with Crippen LogP contribution in [0.25, 0.3) is 16.6 Å². The summed E-state index contributed by atoms with van der Waals surface area (Å²) < 4.78 is 5.35. The molecule has 8 nitrogen and oxygen atoms in total. The first-order valence-electron chi connectivity index (χ1n) is 8.75. The molecule has 1 aliphatic rings. The maximum Gasteiger partial charge on any atom is 0.262 e. The number of nitrogens with zero attached hydrogens (tertiary/aromatic N) is 1. The standard InChI is InChI=1S/C20H19N5O3/c1-11(19-24-15-4-2-12(8-21)6-14(15)20(27)25-19)22-9-13-3-5-17-16(7-13)23-18(26)10-28-17/h2-7,22H,1,8-10,21H2,(H,23,26)(H,24,25,27). The van der Waals surface area contributed by atoms with Crippen molar-refractivity contribution in [3.63, 3.8) is 0 Å². The van der Waals surface area contributed by atoms with E-state index in [0.29, 0.717) is 47.0 Å². The highest BCUT2D eigenvalue weighted by molar-refractivity contribution is 5.95. The summed E-state index contributed by atoms with van der Waals surface area (Å²) in [6.07, 6.45) is 0. The molecule has 0 saturated heterocycles. The number of aromatic amines is 1. The van der Waals surface area contributed by atoms with Gasteiger partial charge in [-0.3, -0.25) is 9.59 Å². The van der Waals surface area contributed by atoms with Gasteiger partial charge in [-0.2, -0.15) is 0 Å². The van der Waals surface area contributed by atoms with Gasteiger partial charge >= 0.3 is 0 Å². The third kappa shape index (κ3) is 3.45. The number of amides is 1. The Morgan fingerprint density at radius 2 is 2.04 bits per heavy atom. The van der Waals surface area contributed by atoms with Crippen LogP contribution in [0.15, 0.2) is 47.8 Å². The van der Waals surface area contributed by atoms with Gasteiger partial charge in [0.2, 0.25) is 0 Å². The van der Waals surface area contributed by atoms with Crippen LogP contribution in [0, 0.1) is 0 Å². The van der Waals surface area contributed by atoms with Crippen molar-refractivity contribution < 1.29 is 9.53 Å². The Kier molecular flexibility index (Phi) is 4.54. The lowest BCUT2D eigenvalue weighted by atomic mass is 10.1. The van der Waals surface area contributed by atoms with Gasteiger partial charge in [-0.05, 0) is 35.4 Å². The highest BCUT2D eigenvalue weighted by Crippen LogP contribution is 2.28. The van der Waals surface area contributed by atoms with E-state index in [2.05, 4.69) is 27.2 Å². The zero-order chi connectivity index (χ0) is 19.7. The molecular formula is C20H19N5O3. The molecule has 0 saturated carbocycles. The van der Waals surface area contributed by atoms with Crippen molar-refractivity contribution in [1.82, 2.24) is 15.3 Å². The minimum Gasteiger partial charge on any atom is -0.482 e. The average Bonchev–Trinajstić information content (AvgIpc) is 2.71. The lowest BCUT2D eigenvalue weighted by Gasteiger charge is -2.19. The number of fused-ring (bicyclic) bond motifs is 2. The van der Waals surface area contributed by atoms with Crippen molar-refractivity contribution in [3.8, 4) is 5.75 Å². The van der Waals surface area contributed by atoms with E-state index < -0.39 is 0 Å². The summed E-state index contributed by atoms with van der Waals surface area (Å²) in [6.45, 7) is 4.79. The Bertz CT molecular complexity index is 1150. The van der Waals surface area contributed by atoms with Crippen LogP contribution in [0.3, 0.4) is 0 Å². The summed E-state index contributed by atoms with van der Waals surface area (Å²) in [5, 5.41) is 6.41. The predicted octanol–water partition coefficient (Wildman–Crippen LogP) is 1.47. The van der Waals surface area contributed by atoms with Crippen LogP contribution in [0.4, 0.5) is 5.69 Å². The summed E-state index contributed by atoms with van der Waals surface area (Å²) in [5.74, 6) is 0.824. The maximum absolute atomic E-state index is 12.4. The number of ether oxygens (including phenoxy) is 1. The molecule has 0 unspecified atom stereocenters. The molecule has 0 radical (unpaired) electrons. The lowest BCUT2D eigenvalue weighted by Crippen LogP contribution is -2.25. The third-order valence-electron chi connectivity index (χ3n) is 4.47. The molecule has 0 bridgehead atoms. The van der Waals surface area contributed by atoms with Crippen molar-refractivity contribution in [2.24, 2.45) is 5.73 Å². The minimum atomic E-state index is -0.244. The number of carbonyl (C=O) groups excluding carboxylic acids is 1. The summed E-state index contributed by atoms with van der Waals surface area (Å²) in [7, 11) is 0. The van der Waals surface area contributed by atoms with Gasteiger partial charge in [-0.25, -0.2) is 4.98 Å². The van der Waals surface area contributed by atoms with Crippen LogP contribution in [0.5, 0.6) is 5.75 Å². The molecule has 1 aromatic heterocycles. The molecule has 1 amide bonds. The molecule has 2 heterocycles. The fraction of sp³-hybridized carbons (Fsp3) is 0.150. The topological polar surface area (TPSA) is 122 Å². The summed E-state index contributed by atoms with van der Waals surface area (Å²) in [5.41, 5.74) is 8.87. The Labute approximate surface area is 160 Å². The van der Waals surface area contributed by atoms with Crippen LogP contribution in [0.2, 0.25) is 0 Å². The normalized spacial score (nSPS) is 12.8. The predicted molar refractivity (Wildman–Crippen MR) is 107 cm³/mol. The highest BCUT2D eigenvalue weighted by atomic mass is 16.5. The number of H-pyrrole nitrogens is 1. The van der Waals surface area contributed by atoms with Crippen molar-refractivity contribution in [2.75, 3.05) is 11.9 Å². The van der Waals surface area contributed by atoms with E-state index in [1.165, 1.54) is 0 Å². The second kappa shape index (κ2) is 7.16. The second-order valence-corrected chi connectivity index (χ2v) is 6.47. The molecule has 0 atom stereocenters. The summed E-state index contributed by atoms with van der Waals surface area (Å²) in [6, 6.07) is 10.9. The lowest BCUT2D eigenvalue weighted by molar-refractivity contribution is -0.118. The smallest absolute Gasteiger partial charge is 0.262 e. The molecule has 0 fully saturated rings. The number of nitrogens with one attached hydrogen (secondary N) is 3. The van der Waals surface area contributed by atoms with Gasteiger partial charge in [0.25, 0.3) is 11.5 Å². The number of anilines is 1. The molecule has 4 rings (SSSR count). The van der Waals surface area contributed by atoms with E-state index in [4.69, 9.17) is 10.5 Å². The van der Waals surface area contributed by atoms with Crippen molar-refractivity contribution in [1.29, 1.82) is 0 Å². The molecule has 0 spiro atoms. The third-order valence-corrected chi connectivity index (χ3v) is 4.47. The molecule has 1 aliphatic heterocycles. The molecule has 142 valence electrons. The van der Waals surface area contributed by atoms with E-state index >= 15 is 0 Å². The van der Waals surface area contributed by atoms with E-state index in [1.54, 1.807) is 18.2 Å². The van der Waals surface area contributed by atoms with Crippen LogP contribution in [-0.2, 0) is 17.9 Å². The van der Waals surface area contributed by atoms with E-state index in [9.17, 15) is 9.59 Å². The first-order valence-corrected chi connectivity index (χ1v) is 8.75. The average molecular weight is 377 g/mol. The zero-order valence-corrected chi connectivity index (χ0v) is 15.0. The first kappa shape index (κ1) is 17.7. The Hall–Kier alpha value is -3.65. The summed E-state index contributed by atoms with van der Waals surface area (Å²) in [4.78, 5) is 31.0. The SMILES string of the molecule is C=C(NCc1ccc2c(c1)NC(=O)CO2)c1nc2ccc(CN)cc2c(=O)[nH]1. The minimum absolute atomic E-state index is 0.0230. The van der Waals surface area contributed by atoms with Gasteiger partial charge in [-0.1, -0.05) is 18.7 Å². The number of hydrogen-bond donors (Lipinski definition) is 4. The number of benzene rings is 2. The van der Waals surface area contributed by atoms with E-state index in [1.807, 2.05) is 18.2 Å². The molecule has 0 aliphatic carbocycles. The van der Waals surface area contributed by atoms with Crippen molar-refractivity contribution in [2.45, 2.75) is 13.1 Å². The van der Waals surface area contributed by atoms with Crippen LogP contribution in [-0.4, -0.2) is 22.5 Å². The number of aromatic nitrogens is 2. The Balaban J connectivity index is 1.52. The number of hydrogen-bond acceptors (Lipinski definition) is 6. The largest absolute Gasteiger partial charge is 0.482 e.